The first-order valence-electron chi connectivity index (χ1n) is 6.72. The van der Waals surface area contributed by atoms with Gasteiger partial charge >= 0.3 is 0 Å². The van der Waals surface area contributed by atoms with Crippen LogP contribution in [0.25, 0.3) is 9.88 Å². The standard InChI is InChI=1S/C14H19N3OS2/c1-3-6-15-7-8-16-13(18)12-10(2)17-14(20-12)11-5-4-9-19-11/h4-5,9,15H,3,6-8H2,1-2H3,(H,16,18). The van der Waals surface area contributed by atoms with Gasteiger partial charge in [0.2, 0.25) is 0 Å². The highest BCUT2D eigenvalue weighted by Gasteiger charge is 2.16. The molecule has 2 N–H and O–H groups in total. The Morgan fingerprint density at radius 3 is 2.90 bits per heavy atom. The van der Waals surface area contributed by atoms with Crippen LogP contribution in [-0.4, -0.2) is 30.5 Å². The van der Waals surface area contributed by atoms with Crippen LogP contribution >= 0.6 is 22.7 Å². The summed E-state index contributed by atoms with van der Waals surface area (Å²) in [6.45, 7) is 6.44. The van der Waals surface area contributed by atoms with E-state index in [1.54, 1.807) is 11.3 Å². The van der Waals surface area contributed by atoms with Gasteiger partial charge in [0.25, 0.3) is 5.91 Å². The van der Waals surface area contributed by atoms with Crippen molar-refractivity contribution in [3.63, 3.8) is 0 Å². The van der Waals surface area contributed by atoms with E-state index in [1.807, 2.05) is 24.4 Å². The summed E-state index contributed by atoms with van der Waals surface area (Å²) < 4.78 is 0. The lowest BCUT2D eigenvalue weighted by molar-refractivity contribution is 0.0957. The van der Waals surface area contributed by atoms with Gasteiger partial charge in [-0.05, 0) is 31.3 Å². The topological polar surface area (TPSA) is 54.0 Å². The van der Waals surface area contributed by atoms with E-state index in [1.165, 1.54) is 11.3 Å². The van der Waals surface area contributed by atoms with Crippen molar-refractivity contribution in [2.24, 2.45) is 0 Å². The molecule has 2 aromatic heterocycles. The molecule has 20 heavy (non-hydrogen) atoms. The monoisotopic (exact) mass is 309 g/mol. The zero-order chi connectivity index (χ0) is 14.4. The molecule has 0 fully saturated rings. The Morgan fingerprint density at radius 1 is 1.35 bits per heavy atom. The van der Waals surface area contributed by atoms with Gasteiger partial charge in [0, 0.05) is 13.1 Å². The number of thiophene rings is 1. The van der Waals surface area contributed by atoms with Gasteiger partial charge in [0.15, 0.2) is 0 Å². The lowest BCUT2D eigenvalue weighted by atomic mass is 10.3. The Balaban J connectivity index is 1.93. The minimum Gasteiger partial charge on any atom is -0.350 e. The number of rotatable bonds is 7. The lowest BCUT2D eigenvalue weighted by Crippen LogP contribution is -2.32. The Labute approximate surface area is 127 Å². The highest BCUT2D eigenvalue weighted by Crippen LogP contribution is 2.30. The van der Waals surface area contributed by atoms with E-state index >= 15 is 0 Å². The maximum atomic E-state index is 12.1. The number of hydrogen-bond acceptors (Lipinski definition) is 5. The van der Waals surface area contributed by atoms with Crippen LogP contribution in [0.15, 0.2) is 17.5 Å². The van der Waals surface area contributed by atoms with Crippen LogP contribution in [0.5, 0.6) is 0 Å². The molecule has 0 aromatic carbocycles. The summed E-state index contributed by atoms with van der Waals surface area (Å²) >= 11 is 3.10. The number of thiazole rings is 1. The van der Waals surface area contributed by atoms with Crippen molar-refractivity contribution in [1.82, 2.24) is 15.6 Å². The highest BCUT2D eigenvalue weighted by molar-refractivity contribution is 7.22. The molecule has 0 atom stereocenters. The van der Waals surface area contributed by atoms with Crippen molar-refractivity contribution in [3.8, 4) is 9.88 Å². The average molecular weight is 309 g/mol. The van der Waals surface area contributed by atoms with Gasteiger partial charge < -0.3 is 10.6 Å². The Hall–Kier alpha value is -1.24. The molecule has 2 heterocycles. The fourth-order valence-corrected chi connectivity index (χ4v) is 3.54. The number of carbonyl (C=O) groups is 1. The van der Waals surface area contributed by atoms with Gasteiger partial charge in [-0.3, -0.25) is 4.79 Å². The zero-order valence-corrected chi connectivity index (χ0v) is 13.4. The van der Waals surface area contributed by atoms with Crippen LogP contribution in [0.2, 0.25) is 0 Å². The molecule has 0 saturated carbocycles. The smallest absolute Gasteiger partial charge is 0.263 e. The maximum Gasteiger partial charge on any atom is 0.263 e. The fraction of sp³-hybridized carbons (Fsp3) is 0.429. The second-order valence-electron chi connectivity index (χ2n) is 4.42. The summed E-state index contributed by atoms with van der Waals surface area (Å²) in [5.74, 6) is -0.0268. The van der Waals surface area contributed by atoms with Crippen LogP contribution in [0, 0.1) is 6.92 Å². The van der Waals surface area contributed by atoms with Crippen molar-refractivity contribution >= 4 is 28.6 Å². The second-order valence-corrected chi connectivity index (χ2v) is 6.36. The van der Waals surface area contributed by atoms with Gasteiger partial charge in [-0.1, -0.05) is 13.0 Å². The molecule has 0 bridgehead atoms. The van der Waals surface area contributed by atoms with E-state index in [0.29, 0.717) is 11.4 Å². The number of amides is 1. The molecule has 0 radical (unpaired) electrons. The van der Waals surface area contributed by atoms with Crippen molar-refractivity contribution < 1.29 is 4.79 Å². The van der Waals surface area contributed by atoms with Crippen LogP contribution in [-0.2, 0) is 0 Å². The SMILES string of the molecule is CCCNCCNC(=O)c1sc(-c2cccs2)nc1C. The number of aromatic nitrogens is 1. The Bertz CT molecular complexity index is 549. The van der Waals surface area contributed by atoms with Gasteiger partial charge in [-0.2, -0.15) is 0 Å². The fourth-order valence-electron chi connectivity index (χ4n) is 1.76. The number of carbonyl (C=O) groups excluding carboxylic acids is 1. The normalized spacial score (nSPS) is 10.7. The lowest BCUT2D eigenvalue weighted by Gasteiger charge is -2.04. The second kappa shape index (κ2) is 7.52. The molecule has 1 amide bonds. The summed E-state index contributed by atoms with van der Waals surface area (Å²) in [6, 6.07) is 4.02. The van der Waals surface area contributed by atoms with Crippen molar-refractivity contribution in [2.75, 3.05) is 19.6 Å². The molecule has 2 aromatic rings. The molecule has 108 valence electrons. The van der Waals surface area contributed by atoms with Crippen LogP contribution in [0.4, 0.5) is 0 Å². The molecular formula is C14H19N3OS2. The molecular weight excluding hydrogens is 290 g/mol. The minimum atomic E-state index is -0.0268. The molecule has 2 rings (SSSR count). The molecule has 0 saturated heterocycles. The van der Waals surface area contributed by atoms with E-state index in [9.17, 15) is 4.79 Å². The van der Waals surface area contributed by atoms with Crippen LogP contribution in [0.1, 0.15) is 28.7 Å². The third-order valence-electron chi connectivity index (χ3n) is 2.75. The van der Waals surface area contributed by atoms with E-state index < -0.39 is 0 Å². The largest absolute Gasteiger partial charge is 0.350 e. The quantitative estimate of drug-likeness (QED) is 0.773. The van der Waals surface area contributed by atoms with Crippen molar-refractivity contribution in [1.29, 1.82) is 0 Å². The van der Waals surface area contributed by atoms with Crippen molar-refractivity contribution in [2.45, 2.75) is 20.3 Å². The number of hydrogen-bond donors (Lipinski definition) is 2. The summed E-state index contributed by atoms with van der Waals surface area (Å²) in [6.07, 6.45) is 1.10. The maximum absolute atomic E-state index is 12.1. The van der Waals surface area contributed by atoms with Crippen LogP contribution < -0.4 is 10.6 Å². The summed E-state index contributed by atoms with van der Waals surface area (Å²) in [7, 11) is 0. The van der Waals surface area contributed by atoms with E-state index in [0.717, 1.165) is 35.1 Å². The van der Waals surface area contributed by atoms with Gasteiger partial charge in [0.05, 0.1) is 10.6 Å². The van der Waals surface area contributed by atoms with Crippen LogP contribution in [0.3, 0.4) is 0 Å². The molecule has 4 nitrogen and oxygen atoms in total. The summed E-state index contributed by atoms with van der Waals surface area (Å²) in [5.41, 5.74) is 0.803. The zero-order valence-electron chi connectivity index (χ0n) is 11.7. The first-order valence-corrected chi connectivity index (χ1v) is 8.42. The van der Waals surface area contributed by atoms with E-state index in [4.69, 9.17) is 0 Å². The summed E-state index contributed by atoms with van der Waals surface area (Å²) in [4.78, 5) is 18.4. The Kier molecular flexibility index (Phi) is 5.70. The molecule has 0 aliphatic rings. The number of aryl methyl sites for hydroxylation is 1. The molecule has 0 unspecified atom stereocenters. The number of nitrogens with zero attached hydrogens (tertiary/aromatic N) is 1. The van der Waals surface area contributed by atoms with E-state index in [2.05, 4.69) is 22.5 Å². The highest BCUT2D eigenvalue weighted by atomic mass is 32.1. The molecule has 6 heteroatoms. The Morgan fingerprint density at radius 2 is 2.20 bits per heavy atom. The predicted octanol–water partition coefficient (Wildman–Crippen LogP) is 2.91. The van der Waals surface area contributed by atoms with E-state index in [-0.39, 0.29) is 5.91 Å². The molecule has 0 aliphatic heterocycles. The van der Waals surface area contributed by atoms with Gasteiger partial charge in [-0.15, -0.1) is 22.7 Å². The van der Waals surface area contributed by atoms with Gasteiger partial charge in [0.1, 0.15) is 9.88 Å². The molecule has 0 aliphatic carbocycles. The molecule has 0 spiro atoms. The summed E-state index contributed by atoms with van der Waals surface area (Å²) in [5, 5.41) is 9.13. The van der Waals surface area contributed by atoms with Crippen molar-refractivity contribution in [3.05, 3.63) is 28.1 Å². The first kappa shape index (κ1) is 15.2. The number of nitrogens with one attached hydrogen (secondary N) is 2. The first-order chi connectivity index (χ1) is 9.72. The third kappa shape index (κ3) is 3.88. The van der Waals surface area contributed by atoms with Gasteiger partial charge in [-0.25, -0.2) is 4.98 Å². The average Bonchev–Trinajstić information content (AvgIpc) is 3.07. The minimum absolute atomic E-state index is 0.0268. The predicted molar refractivity (Wildman–Crippen MR) is 85.7 cm³/mol. The third-order valence-corrected chi connectivity index (χ3v) is 4.94.